The maximum Gasteiger partial charge on any atom is 0.0384 e. The predicted molar refractivity (Wildman–Crippen MR) is 110 cm³/mol. The van der Waals surface area contributed by atoms with Crippen molar-refractivity contribution in [2.75, 3.05) is 5.32 Å². The van der Waals surface area contributed by atoms with Crippen LogP contribution in [-0.2, 0) is 0 Å². The standard InChI is InChI=1S/C24H25N/c1-17(2)20-13-15-23(16-14-20)25-19(4)21-9-11-22(12-10-21)24-8-6-5-7-18(24)3/h5-17,25H,4H2,1-3H3. The monoisotopic (exact) mass is 327 g/mol. The van der Waals surface area contributed by atoms with E-state index in [9.17, 15) is 0 Å². The molecule has 0 unspecified atom stereocenters. The Bertz CT molecular complexity index is 855. The van der Waals surface area contributed by atoms with Crippen molar-refractivity contribution in [1.29, 1.82) is 0 Å². The lowest BCUT2D eigenvalue weighted by Crippen LogP contribution is -1.98. The third-order valence-electron chi connectivity index (χ3n) is 4.56. The van der Waals surface area contributed by atoms with Crippen molar-refractivity contribution < 1.29 is 0 Å². The molecule has 0 saturated carbocycles. The molecule has 0 radical (unpaired) electrons. The lowest BCUT2D eigenvalue weighted by Gasteiger charge is -2.13. The number of aryl methyl sites for hydroxylation is 1. The lowest BCUT2D eigenvalue weighted by atomic mass is 9.99. The minimum atomic E-state index is 0.547. The van der Waals surface area contributed by atoms with E-state index in [0.29, 0.717) is 5.92 Å². The van der Waals surface area contributed by atoms with Gasteiger partial charge in [-0.2, -0.15) is 0 Å². The van der Waals surface area contributed by atoms with Gasteiger partial charge < -0.3 is 5.32 Å². The van der Waals surface area contributed by atoms with Crippen LogP contribution in [0.15, 0.2) is 79.4 Å². The van der Waals surface area contributed by atoms with Crippen LogP contribution < -0.4 is 5.32 Å². The van der Waals surface area contributed by atoms with E-state index in [2.05, 4.69) is 105 Å². The number of rotatable bonds is 5. The van der Waals surface area contributed by atoms with Crippen LogP contribution in [-0.4, -0.2) is 0 Å². The summed E-state index contributed by atoms with van der Waals surface area (Å²) in [6.07, 6.45) is 0. The van der Waals surface area contributed by atoms with E-state index in [1.165, 1.54) is 22.3 Å². The average Bonchev–Trinajstić information content (AvgIpc) is 2.63. The average molecular weight is 327 g/mol. The molecule has 0 atom stereocenters. The molecule has 0 aromatic heterocycles. The topological polar surface area (TPSA) is 12.0 Å². The van der Waals surface area contributed by atoms with E-state index in [-0.39, 0.29) is 0 Å². The molecule has 3 aromatic carbocycles. The van der Waals surface area contributed by atoms with Crippen LogP contribution in [0.2, 0.25) is 0 Å². The Labute approximate surface area is 151 Å². The zero-order valence-electron chi connectivity index (χ0n) is 15.2. The van der Waals surface area contributed by atoms with Gasteiger partial charge in [-0.15, -0.1) is 0 Å². The first-order valence-corrected chi connectivity index (χ1v) is 8.77. The number of hydrogen-bond donors (Lipinski definition) is 1. The highest BCUT2D eigenvalue weighted by molar-refractivity contribution is 5.77. The third kappa shape index (κ3) is 4.00. The number of nitrogens with one attached hydrogen (secondary N) is 1. The van der Waals surface area contributed by atoms with Gasteiger partial charge in [-0.25, -0.2) is 0 Å². The molecule has 0 aliphatic heterocycles. The highest BCUT2D eigenvalue weighted by atomic mass is 14.9. The van der Waals surface area contributed by atoms with Crippen molar-refractivity contribution in [2.24, 2.45) is 0 Å². The summed E-state index contributed by atoms with van der Waals surface area (Å²) in [6.45, 7) is 10.7. The lowest BCUT2D eigenvalue weighted by molar-refractivity contribution is 0.867. The van der Waals surface area contributed by atoms with E-state index in [1.54, 1.807) is 0 Å². The number of anilines is 1. The Morgan fingerprint density at radius 1 is 0.840 bits per heavy atom. The van der Waals surface area contributed by atoms with Gasteiger partial charge in [0.25, 0.3) is 0 Å². The van der Waals surface area contributed by atoms with Crippen LogP contribution >= 0.6 is 0 Å². The first-order chi connectivity index (χ1) is 12.0. The summed E-state index contributed by atoms with van der Waals surface area (Å²) in [5.41, 5.74) is 8.22. The summed E-state index contributed by atoms with van der Waals surface area (Å²) < 4.78 is 0. The fourth-order valence-corrected chi connectivity index (χ4v) is 2.95. The van der Waals surface area contributed by atoms with Crippen LogP contribution in [0, 0.1) is 6.92 Å². The van der Waals surface area contributed by atoms with Crippen molar-refractivity contribution in [2.45, 2.75) is 26.7 Å². The third-order valence-corrected chi connectivity index (χ3v) is 4.56. The molecule has 0 heterocycles. The van der Waals surface area contributed by atoms with E-state index < -0.39 is 0 Å². The van der Waals surface area contributed by atoms with Gasteiger partial charge in [0.1, 0.15) is 0 Å². The smallest absolute Gasteiger partial charge is 0.0384 e. The molecule has 1 N–H and O–H groups in total. The van der Waals surface area contributed by atoms with Gasteiger partial charge in [0, 0.05) is 11.4 Å². The summed E-state index contributed by atoms with van der Waals surface area (Å²) in [4.78, 5) is 0. The molecule has 3 aromatic rings. The first kappa shape index (κ1) is 17.0. The molecule has 1 heteroatoms. The van der Waals surface area contributed by atoms with Gasteiger partial charge in [0.05, 0.1) is 0 Å². The summed E-state index contributed by atoms with van der Waals surface area (Å²) in [6, 6.07) is 25.6. The summed E-state index contributed by atoms with van der Waals surface area (Å²) in [7, 11) is 0. The maximum absolute atomic E-state index is 4.19. The van der Waals surface area contributed by atoms with Crippen LogP contribution in [0.25, 0.3) is 16.8 Å². The zero-order chi connectivity index (χ0) is 17.8. The van der Waals surface area contributed by atoms with Crippen molar-refractivity contribution in [3.8, 4) is 11.1 Å². The van der Waals surface area contributed by atoms with Crippen LogP contribution in [0.3, 0.4) is 0 Å². The second-order valence-corrected chi connectivity index (χ2v) is 6.77. The van der Waals surface area contributed by atoms with E-state index in [4.69, 9.17) is 0 Å². The fraction of sp³-hybridized carbons (Fsp3) is 0.167. The Kier molecular flexibility index (Phi) is 5.04. The molecule has 0 spiro atoms. The minimum absolute atomic E-state index is 0.547. The van der Waals surface area contributed by atoms with Gasteiger partial charge in [0.15, 0.2) is 0 Å². The summed E-state index contributed by atoms with van der Waals surface area (Å²) >= 11 is 0. The van der Waals surface area contributed by atoms with Gasteiger partial charge >= 0.3 is 0 Å². The fourth-order valence-electron chi connectivity index (χ4n) is 2.95. The predicted octanol–water partition coefficient (Wildman–Crippen LogP) is 6.87. The molecular formula is C24H25N. The molecule has 126 valence electrons. The molecule has 3 rings (SSSR count). The Morgan fingerprint density at radius 3 is 2.08 bits per heavy atom. The summed E-state index contributed by atoms with van der Waals surface area (Å²) in [5.74, 6) is 0.547. The molecule has 25 heavy (non-hydrogen) atoms. The summed E-state index contributed by atoms with van der Waals surface area (Å²) in [5, 5.41) is 3.40. The second-order valence-electron chi connectivity index (χ2n) is 6.77. The Hall–Kier alpha value is -2.80. The highest BCUT2D eigenvalue weighted by Gasteiger charge is 2.04. The van der Waals surface area contributed by atoms with Crippen LogP contribution in [0.1, 0.15) is 36.5 Å². The molecular weight excluding hydrogens is 302 g/mol. The van der Waals surface area contributed by atoms with Crippen molar-refractivity contribution >= 4 is 11.4 Å². The molecule has 0 aliphatic carbocycles. The zero-order valence-corrected chi connectivity index (χ0v) is 15.2. The van der Waals surface area contributed by atoms with Crippen molar-refractivity contribution in [3.63, 3.8) is 0 Å². The van der Waals surface area contributed by atoms with Crippen LogP contribution in [0.4, 0.5) is 5.69 Å². The Balaban J connectivity index is 1.73. The normalized spacial score (nSPS) is 10.7. The molecule has 0 fully saturated rings. The van der Waals surface area contributed by atoms with Crippen molar-refractivity contribution in [1.82, 2.24) is 0 Å². The van der Waals surface area contributed by atoms with Gasteiger partial charge in [0.2, 0.25) is 0 Å². The first-order valence-electron chi connectivity index (χ1n) is 8.77. The number of hydrogen-bond acceptors (Lipinski definition) is 1. The van der Waals surface area contributed by atoms with Gasteiger partial charge in [-0.3, -0.25) is 0 Å². The molecule has 0 aliphatic rings. The maximum atomic E-state index is 4.19. The quantitative estimate of drug-likeness (QED) is 0.539. The second kappa shape index (κ2) is 7.40. The van der Waals surface area contributed by atoms with Crippen LogP contribution in [0.5, 0.6) is 0 Å². The number of benzene rings is 3. The van der Waals surface area contributed by atoms with E-state index in [1.807, 2.05) is 0 Å². The largest absolute Gasteiger partial charge is 0.356 e. The Morgan fingerprint density at radius 2 is 1.48 bits per heavy atom. The SMILES string of the molecule is C=C(Nc1ccc(C(C)C)cc1)c1ccc(-c2ccccc2C)cc1. The van der Waals surface area contributed by atoms with Gasteiger partial charge in [-0.05, 0) is 52.8 Å². The molecule has 1 nitrogen and oxygen atoms in total. The van der Waals surface area contributed by atoms with E-state index >= 15 is 0 Å². The van der Waals surface area contributed by atoms with Crippen molar-refractivity contribution in [3.05, 3.63) is 96.1 Å². The molecule has 0 amide bonds. The van der Waals surface area contributed by atoms with Gasteiger partial charge in [-0.1, -0.05) is 81.1 Å². The minimum Gasteiger partial charge on any atom is -0.356 e. The molecule has 0 saturated heterocycles. The molecule has 0 bridgehead atoms. The highest BCUT2D eigenvalue weighted by Crippen LogP contribution is 2.26. The van der Waals surface area contributed by atoms with E-state index in [0.717, 1.165) is 16.9 Å².